The minimum Gasteiger partial charge on any atom is -0.477 e. The van der Waals surface area contributed by atoms with Crippen molar-refractivity contribution in [3.63, 3.8) is 0 Å². The Morgan fingerprint density at radius 1 is 1.35 bits per heavy atom. The molecule has 0 bridgehead atoms. The molecule has 1 aliphatic heterocycles. The van der Waals surface area contributed by atoms with Gasteiger partial charge in [0, 0.05) is 19.2 Å². The molecule has 2 rings (SSSR count). The Labute approximate surface area is 133 Å². The predicted octanol–water partition coefficient (Wildman–Crippen LogP) is 1.70. The van der Waals surface area contributed by atoms with E-state index in [1.807, 2.05) is 0 Å². The second-order valence-corrected chi connectivity index (χ2v) is 6.03. The van der Waals surface area contributed by atoms with Crippen LogP contribution in [0, 0.1) is 23.5 Å². The lowest BCUT2D eigenvalue weighted by Crippen LogP contribution is -2.44. The molecule has 2 amide bonds. The first kappa shape index (κ1) is 17.2. The molecule has 0 aliphatic carbocycles. The van der Waals surface area contributed by atoms with E-state index in [1.54, 1.807) is 13.8 Å². The van der Waals surface area contributed by atoms with E-state index in [9.17, 15) is 18.4 Å². The Balaban J connectivity index is 2.12. The second kappa shape index (κ2) is 6.93. The van der Waals surface area contributed by atoms with Gasteiger partial charge < -0.3 is 15.4 Å². The first-order chi connectivity index (χ1) is 10.8. The summed E-state index contributed by atoms with van der Waals surface area (Å²) in [5, 5.41) is 0. The Bertz CT molecular complexity index is 607. The third kappa shape index (κ3) is 3.97. The highest BCUT2D eigenvalue weighted by atomic mass is 19.1. The van der Waals surface area contributed by atoms with Crippen molar-refractivity contribution in [3.8, 4) is 5.75 Å². The third-order valence-electron chi connectivity index (χ3n) is 3.90. The molecular weight excluding hydrogens is 306 g/mol. The van der Waals surface area contributed by atoms with E-state index < -0.39 is 23.6 Å². The topological polar surface area (TPSA) is 72.6 Å². The molecule has 5 nitrogen and oxygen atoms in total. The molecule has 0 saturated carbocycles. The van der Waals surface area contributed by atoms with Crippen molar-refractivity contribution < 1.29 is 23.1 Å². The van der Waals surface area contributed by atoms with Gasteiger partial charge in [-0.15, -0.1) is 0 Å². The van der Waals surface area contributed by atoms with Gasteiger partial charge in [0.25, 0.3) is 5.91 Å². The summed E-state index contributed by atoms with van der Waals surface area (Å²) in [4.78, 5) is 25.3. The number of nitrogens with zero attached hydrogens (tertiary/aromatic N) is 1. The molecule has 7 heteroatoms. The van der Waals surface area contributed by atoms with Gasteiger partial charge in [-0.25, -0.2) is 8.78 Å². The standard InChI is InChI=1S/C16H20F2N2O3/c1-9(2)14(23-13-4-3-11(17)7-12(13)18)16(22)20-6-5-10(8-20)15(19)21/h3-4,7,9-10,14H,5-6,8H2,1-2H3,(H2,19,21)/t10-,14+/m1/s1. The molecule has 0 aromatic heterocycles. The van der Waals surface area contributed by atoms with Gasteiger partial charge in [-0.05, 0) is 24.5 Å². The van der Waals surface area contributed by atoms with Crippen molar-refractivity contribution in [2.24, 2.45) is 17.6 Å². The molecule has 2 N–H and O–H groups in total. The number of carbonyl (C=O) groups is 2. The molecule has 1 aliphatic rings. The highest BCUT2D eigenvalue weighted by molar-refractivity contribution is 5.84. The van der Waals surface area contributed by atoms with Crippen LogP contribution in [-0.2, 0) is 9.59 Å². The lowest BCUT2D eigenvalue weighted by molar-refractivity contribution is -0.139. The number of likely N-dealkylation sites (tertiary alicyclic amines) is 1. The van der Waals surface area contributed by atoms with E-state index in [4.69, 9.17) is 10.5 Å². The molecule has 1 heterocycles. The number of amides is 2. The van der Waals surface area contributed by atoms with Gasteiger partial charge in [0.15, 0.2) is 17.7 Å². The van der Waals surface area contributed by atoms with Crippen LogP contribution in [0.25, 0.3) is 0 Å². The molecule has 1 fully saturated rings. The van der Waals surface area contributed by atoms with Crippen molar-refractivity contribution in [2.45, 2.75) is 26.4 Å². The summed E-state index contributed by atoms with van der Waals surface area (Å²) in [6.45, 7) is 4.19. The first-order valence-corrected chi connectivity index (χ1v) is 7.49. The molecule has 0 unspecified atom stereocenters. The monoisotopic (exact) mass is 326 g/mol. The van der Waals surface area contributed by atoms with E-state index >= 15 is 0 Å². The number of nitrogens with two attached hydrogens (primary N) is 1. The number of hydrogen-bond donors (Lipinski definition) is 1. The van der Waals surface area contributed by atoms with Crippen molar-refractivity contribution in [1.82, 2.24) is 4.90 Å². The summed E-state index contributed by atoms with van der Waals surface area (Å²) in [5.74, 6) is -3.11. The highest BCUT2D eigenvalue weighted by Crippen LogP contribution is 2.24. The van der Waals surface area contributed by atoms with Gasteiger partial charge >= 0.3 is 0 Å². The lowest BCUT2D eigenvalue weighted by atomic mass is 10.1. The zero-order valence-electron chi connectivity index (χ0n) is 13.1. The third-order valence-corrected chi connectivity index (χ3v) is 3.90. The summed E-state index contributed by atoms with van der Waals surface area (Å²) < 4.78 is 32.2. The van der Waals surface area contributed by atoms with Crippen LogP contribution in [0.4, 0.5) is 8.78 Å². The van der Waals surface area contributed by atoms with Gasteiger partial charge in [0.2, 0.25) is 5.91 Å². The summed E-state index contributed by atoms with van der Waals surface area (Å²) >= 11 is 0. The van der Waals surface area contributed by atoms with Gasteiger partial charge in [-0.2, -0.15) is 0 Å². The largest absolute Gasteiger partial charge is 0.477 e. The van der Waals surface area contributed by atoms with Crippen LogP contribution in [-0.4, -0.2) is 35.9 Å². The lowest BCUT2D eigenvalue weighted by Gasteiger charge is -2.26. The molecular formula is C16H20F2N2O3. The maximum Gasteiger partial charge on any atom is 0.263 e. The molecule has 1 aromatic carbocycles. The number of primary amides is 1. The van der Waals surface area contributed by atoms with Crippen LogP contribution < -0.4 is 10.5 Å². The van der Waals surface area contributed by atoms with E-state index in [0.717, 1.165) is 12.1 Å². The number of benzene rings is 1. The quantitative estimate of drug-likeness (QED) is 0.895. The van der Waals surface area contributed by atoms with E-state index in [2.05, 4.69) is 0 Å². The number of hydrogen-bond acceptors (Lipinski definition) is 3. The maximum atomic E-state index is 13.7. The molecule has 2 atom stereocenters. The van der Waals surface area contributed by atoms with Gasteiger partial charge in [-0.3, -0.25) is 9.59 Å². The van der Waals surface area contributed by atoms with Gasteiger partial charge in [0.1, 0.15) is 5.82 Å². The number of carbonyl (C=O) groups excluding carboxylic acids is 2. The summed E-state index contributed by atoms with van der Waals surface area (Å²) in [7, 11) is 0. The SMILES string of the molecule is CC(C)[C@H](Oc1ccc(F)cc1F)C(=O)N1CC[C@@H](C(N)=O)C1. The van der Waals surface area contributed by atoms with Crippen LogP contribution in [0.3, 0.4) is 0 Å². The Morgan fingerprint density at radius 2 is 2.04 bits per heavy atom. The Hall–Kier alpha value is -2.18. The zero-order valence-corrected chi connectivity index (χ0v) is 13.1. The molecule has 23 heavy (non-hydrogen) atoms. The fourth-order valence-corrected chi connectivity index (χ4v) is 2.55. The molecule has 1 aromatic rings. The van der Waals surface area contributed by atoms with Gasteiger partial charge in [0.05, 0.1) is 5.92 Å². The predicted molar refractivity (Wildman–Crippen MR) is 79.5 cm³/mol. The average molecular weight is 326 g/mol. The van der Waals surface area contributed by atoms with Gasteiger partial charge in [-0.1, -0.05) is 13.8 Å². The molecule has 126 valence electrons. The zero-order chi connectivity index (χ0) is 17.1. The van der Waals surface area contributed by atoms with E-state index in [0.29, 0.717) is 19.0 Å². The Kier molecular flexibility index (Phi) is 5.18. The van der Waals surface area contributed by atoms with Crippen LogP contribution in [0.1, 0.15) is 20.3 Å². The second-order valence-electron chi connectivity index (χ2n) is 6.03. The van der Waals surface area contributed by atoms with Crippen molar-refractivity contribution in [3.05, 3.63) is 29.8 Å². The molecule has 0 radical (unpaired) electrons. The highest BCUT2D eigenvalue weighted by Gasteiger charge is 2.35. The minimum atomic E-state index is -0.915. The van der Waals surface area contributed by atoms with Crippen LogP contribution >= 0.6 is 0 Å². The number of halogens is 2. The van der Waals surface area contributed by atoms with E-state index in [1.165, 1.54) is 4.90 Å². The van der Waals surface area contributed by atoms with Crippen LogP contribution in [0.5, 0.6) is 5.75 Å². The van der Waals surface area contributed by atoms with Crippen molar-refractivity contribution in [2.75, 3.05) is 13.1 Å². The molecule has 1 saturated heterocycles. The maximum absolute atomic E-state index is 13.7. The minimum absolute atomic E-state index is 0.177. The van der Waals surface area contributed by atoms with Crippen molar-refractivity contribution in [1.29, 1.82) is 0 Å². The smallest absolute Gasteiger partial charge is 0.263 e. The van der Waals surface area contributed by atoms with Crippen LogP contribution in [0.2, 0.25) is 0 Å². The molecule has 0 spiro atoms. The van der Waals surface area contributed by atoms with E-state index in [-0.39, 0.29) is 30.0 Å². The summed E-state index contributed by atoms with van der Waals surface area (Å²) in [6, 6.07) is 2.93. The fourth-order valence-electron chi connectivity index (χ4n) is 2.55. The Morgan fingerprint density at radius 3 is 2.57 bits per heavy atom. The summed E-state index contributed by atoms with van der Waals surface area (Å²) in [5.41, 5.74) is 5.26. The number of ether oxygens (including phenoxy) is 1. The first-order valence-electron chi connectivity index (χ1n) is 7.49. The fraction of sp³-hybridized carbons (Fsp3) is 0.500. The van der Waals surface area contributed by atoms with Crippen LogP contribution in [0.15, 0.2) is 18.2 Å². The summed E-state index contributed by atoms with van der Waals surface area (Å²) in [6.07, 6.45) is -0.404. The normalized spacial score (nSPS) is 19.0. The number of rotatable bonds is 5. The average Bonchev–Trinajstić information content (AvgIpc) is 2.95. The van der Waals surface area contributed by atoms with Crippen molar-refractivity contribution >= 4 is 11.8 Å².